The highest BCUT2D eigenvalue weighted by atomic mass is 16.6. The molecule has 0 aliphatic carbocycles. The first-order valence-electron chi connectivity index (χ1n) is 14.0. The highest BCUT2D eigenvalue weighted by Gasteiger charge is 2.37. The van der Waals surface area contributed by atoms with Crippen LogP contribution in [-0.2, 0) is 20.7 Å². The summed E-state index contributed by atoms with van der Waals surface area (Å²) in [5.74, 6) is -0.0492. The van der Waals surface area contributed by atoms with E-state index in [1.165, 1.54) is 0 Å². The lowest BCUT2D eigenvalue weighted by molar-refractivity contribution is -0.144. The molecule has 3 atom stereocenters. The fourth-order valence-corrected chi connectivity index (χ4v) is 4.14. The van der Waals surface area contributed by atoms with Crippen molar-refractivity contribution in [1.29, 1.82) is 0 Å². The summed E-state index contributed by atoms with van der Waals surface area (Å²) in [6, 6.07) is 6.03. The molecule has 0 aromatic heterocycles. The first kappa shape index (κ1) is 32.5. The van der Waals surface area contributed by atoms with Gasteiger partial charge >= 0.3 is 6.09 Å². The summed E-state index contributed by atoms with van der Waals surface area (Å²) >= 11 is 0. The van der Waals surface area contributed by atoms with Gasteiger partial charge < -0.3 is 20.3 Å². The number of hydrogen-bond donors (Lipinski definition) is 2. The number of unbranched alkanes of at least 4 members (excludes halogenated alkanes) is 2. The van der Waals surface area contributed by atoms with E-state index in [2.05, 4.69) is 38.3 Å². The Morgan fingerprint density at radius 2 is 1.57 bits per heavy atom. The number of rotatable bonds is 14. The first-order valence-corrected chi connectivity index (χ1v) is 14.0. The van der Waals surface area contributed by atoms with Crippen molar-refractivity contribution in [3.63, 3.8) is 0 Å². The predicted octanol–water partition coefficient (Wildman–Crippen LogP) is 6.16. The van der Waals surface area contributed by atoms with Gasteiger partial charge in [-0.15, -0.1) is 0 Å². The van der Waals surface area contributed by atoms with Crippen molar-refractivity contribution in [2.75, 3.05) is 6.54 Å². The topological polar surface area (TPSA) is 87.7 Å². The summed E-state index contributed by atoms with van der Waals surface area (Å²) in [5.41, 5.74) is 1.25. The second-order valence-electron chi connectivity index (χ2n) is 11.4. The molecular formula is C30H51N3O4. The van der Waals surface area contributed by atoms with E-state index in [4.69, 9.17) is 4.74 Å². The van der Waals surface area contributed by atoms with E-state index in [1.54, 1.807) is 32.6 Å². The fraction of sp³-hybridized carbons (Fsp3) is 0.700. The van der Waals surface area contributed by atoms with Crippen LogP contribution in [0.3, 0.4) is 0 Å². The zero-order valence-electron chi connectivity index (χ0n) is 24.6. The smallest absolute Gasteiger partial charge is 0.408 e. The molecule has 1 rings (SSSR count). The van der Waals surface area contributed by atoms with Crippen molar-refractivity contribution in [2.24, 2.45) is 5.92 Å². The molecule has 0 radical (unpaired) electrons. The number of alkyl carbamates (subject to hydrolysis) is 1. The van der Waals surface area contributed by atoms with Gasteiger partial charge in [-0.05, 0) is 77.3 Å². The van der Waals surface area contributed by atoms with Crippen LogP contribution in [0.15, 0.2) is 24.3 Å². The van der Waals surface area contributed by atoms with Crippen LogP contribution in [0.25, 0.3) is 0 Å². The lowest BCUT2D eigenvalue weighted by Crippen LogP contribution is -2.54. The Bertz CT molecular complexity index is 845. The molecule has 1 aromatic rings. The average molecular weight is 518 g/mol. The third-order valence-corrected chi connectivity index (χ3v) is 6.30. The van der Waals surface area contributed by atoms with Gasteiger partial charge in [-0.2, -0.15) is 0 Å². The Morgan fingerprint density at radius 3 is 2.08 bits per heavy atom. The SMILES string of the molecule is CCCCCNC(=O)C(c1ccc(CC)cc1)N(C(=O)C(C)NC(=O)OC(C)(C)C)C(C)CCC(C)C. The molecule has 0 saturated carbocycles. The van der Waals surface area contributed by atoms with Crippen molar-refractivity contribution in [2.45, 2.75) is 125 Å². The molecule has 0 aliphatic rings. The van der Waals surface area contributed by atoms with Crippen molar-refractivity contribution in [3.05, 3.63) is 35.4 Å². The maximum absolute atomic E-state index is 13.9. The lowest BCUT2D eigenvalue weighted by Gasteiger charge is -2.38. The Labute approximate surface area is 225 Å². The summed E-state index contributed by atoms with van der Waals surface area (Å²) in [5, 5.41) is 5.74. The number of amides is 3. The van der Waals surface area contributed by atoms with Gasteiger partial charge in [0.15, 0.2) is 0 Å². The van der Waals surface area contributed by atoms with E-state index in [1.807, 2.05) is 31.2 Å². The average Bonchev–Trinajstić information content (AvgIpc) is 2.81. The van der Waals surface area contributed by atoms with Gasteiger partial charge in [0.2, 0.25) is 11.8 Å². The lowest BCUT2D eigenvalue weighted by atomic mass is 9.96. The van der Waals surface area contributed by atoms with E-state index < -0.39 is 23.8 Å². The summed E-state index contributed by atoms with van der Waals surface area (Å²) < 4.78 is 5.37. The van der Waals surface area contributed by atoms with E-state index in [-0.39, 0.29) is 17.9 Å². The van der Waals surface area contributed by atoms with E-state index in [0.717, 1.165) is 49.7 Å². The summed E-state index contributed by atoms with van der Waals surface area (Å²) in [4.78, 5) is 41.7. The van der Waals surface area contributed by atoms with Crippen LogP contribution in [-0.4, -0.2) is 47.0 Å². The third kappa shape index (κ3) is 11.6. The van der Waals surface area contributed by atoms with Crippen LogP contribution in [0, 0.1) is 5.92 Å². The van der Waals surface area contributed by atoms with Gasteiger partial charge in [0.1, 0.15) is 17.7 Å². The second-order valence-corrected chi connectivity index (χ2v) is 11.4. The Balaban J connectivity index is 3.39. The molecule has 2 N–H and O–H groups in total. The van der Waals surface area contributed by atoms with Crippen molar-refractivity contribution >= 4 is 17.9 Å². The third-order valence-electron chi connectivity index (χ3n) is 6.30. The Hall–Kier alpha value is -2.57. The van der Waals surface area contributed by atoms with Crippen LogP contribution >= 0.6 is 0 Å². The van der Waals surface area contributed by atoms with Gasteiger partial charge in [-0.3, -0.25) is 9.59 Å². The van der Waals surface area contributed by atoms with Gasteiger partial charge in [0.05, 0.1) is 0 Å². The molecule has 210 valence electrons. The molecule has 1 aromatic carbocycles. The molecule has 0 spiro atoms. The normalized spacial score (nSPS) is 14.0. The van der Waals surface area contributed by atoms with Crippen molar-refractivity contribution in [3.8, 4) is 0 Å². The van der Waals surface area contributed by atoms with Gasteiger partial charge in [0.25, 0.3) is 0 Å². The predicted molar refractivity (Wildman–Crippen MR) is 150 cm³/mol. The van der Waals surface area contributed by atoms with Crippen LogP contribution in [0.4, 0.5) is 4.79 Å². The molecule has 0 bridgehead atoms. The summed E-state index contributed by atoms with van der Waals surface area (Å²) in [6.07, 6.45) is 4.86. The number of ether oxygens (including phenoxy) is 1. The fourth-order valence-electron chi connectivity index (χ4n) is 4.14. The van der Waals surface area contributed by atoms with Gasteiger partial charge in [-0.25, -0.2) is 4.79 Å². The second kappa shape index (κ2) is 15.6. The molecular weight excluding hydrogens is 466 g/mol. The molecule has 0 aliphatic heterocycles. The summed E-state index contributed by atoms with van der Waals surface area (Å²) in [6.45, 7) is 18.0. The van der Waals surface area contributed by atoms with Crippen LogP contribution in [0.2, 0.25) is 0 Å². The number of hydrogen-bond acceptors (Lipinski definition) is 4. The molecule has 3 unspecified atom stereocenters. The van der Waals surface area contributed by atoms with Crippen LogP contribution < -0.4 is 10.6 Å². The van der Waals surface area contributed by atoms with E-state index >= 15 is 0 Å². The van der Waals surface area contributed by atoms with Crippen LogP contribution in [0.5, 0.6) is 0 Å². The van der Waals surface area contributed by atoms with Crippen molar-refractivity contribution in [1.82, 2.24) is 15.5 Å². The standard InChI is InChI=1S/C30H51N3O4/c1-10-12-13-20-31-27(34)26(25-18-16-24(11-2)17-19-25)33(22(5)15-14-21(3)4)28(35)23(6)32-29(36)37-30(7,8)9/h16-19,21-23,26H,10-15,20H2,1-9H3,(H,31,34)(H,32,36). The minimum Gasteiger partial charge on any atom is -0.444 e. The Kier molecular flexibility index (Phi) is 13.7. The van der Waals surface area contributed by atoms with E-state index in [9.17, 15) is 14.4 Å². The minimum atomic E-state index is -0.860. The number of carbonyl (C=O) groups is 3. The molecule has 7 nitrogen and oxygen atoms in total. The number of nitrogens with one attached hydrogen (secondary N) is 2. The zero-order valence-corrected chi connectivity index (χ0v) is 24.6. The highest BCUT2D eigenvalue weighted by molar-refractivity contribution is 5.92. The number of benzene rings is 1. The highest BCUT2D eigenvalue weighted by Crippen LogP contribution is 2.28. The molecule has 0 fully saturated rings. The first-order chi connectivity index (χ1) is 17.3. The quantitative estimate of drug-likeness (QED) is 0.289. The number of carbonyl (C=O) groups excluding carboxylic acids is 3. The molecule has 7 heteroatoms. The number of nitrogens with zero attached hydrogens (tertiary/aromatic N) is 1. The maximum Gasteiger partial charge on any atom is 0.408 e. The zero-order chi connectivity index (χ0) is 28.2. The molecule has 0 heterocycles. The van der Waals surface area contributed by atoms with Gasteiger partial charge in [0, 0.05) is 12.6 Å². The molecule has 3 amide bonds. The summed E-state index contributed by atoms with van der Waals surface area (Å²) in [7, 11) is 0. The van der Waals surface area contributed by atoms with Gasteiger partial charge in [-0.1, -0.05) is 64.8 Å². The van der Waals surface area contributed by atoms with Crippen LogP contribution in [0.1, 0.15) is 112 Å². The maximum atomic E-state index is 13.9. The van der Waals surface area contributed by atoms with E-state index in [0.29, 0.717) is 12.5 Å². The Morgan fingerprint density at radius 1 is 0.946 bits per heavy atom. The largest absolute Gasteiger partial charge is 0.444 e. The molecule has 37 heavy (non-hydrogen) atoms. The minimum absolute atomic E-state index is 0.199. The monoisotopic (exact) mass is 517 g/mol. The number of aryl methyl sites for hydroxylation is 1. The molecule has 0 saturated heterocycles. The van der Waals surface area contributed by atoms with Crippen molar-refractivity contribution < 1.29 is 19.1 Å².